The van der Waals surface area contributed by atoms with Crippen LogP contribution in [0.5, 0.6) is 0 Å². The van der Waals surface area contributed by atoms with Crippen molar-refractivity contribution in [3.8, 4) is 11.4 Å². The van der Waals surface area contributed by atoms with Crippen molar-refractivity contribution in [3.63, 3.8) is 0 Å². The van der Waals surface area contributed by atoms with Crippen molar-refractivity contribution in [3.05, 3.63) is 76.9 Å². The van der Waals surface area contributed by atoms with Gasteiger partial charge in [0, 0.05) is 12.0 Å². The molecule has 0 aliphatic carbocycles. The Labute approximate surface area is 184 Å². The van der Waals surface area contributed by atoms with Gasteiger partial charge in [0.05, 0.1) is 17.3 Å². The quantitative estimate of drug-likeness (QED) is 0.336. The van der Waals surface area contributed by atoms with Gasteiger partial charge in [0.25, 0.3) is 0 Å². The van der Waals surface area contributed by atoms with Gasteiger partial charge in [-0.25, -0.2) is 0 Å². The predicted molar refractivity (Wildman–Crippen MR) is 118 cm³/mol. The molecule has 4 rings (SSSR count). The number of rotatable bonds is 8. The minimum absolute atomic E-state index is 0.470. The summed E-state index contributed by atoms with van der Waals surface area (Å²) < 4.78 is 7.43. The minimum Gasteiger partial charge on any atom is -0.339 e. The van der Waals surface area contributed by atoms with Gasteiger partial charge in [-0.3, -0.25) is 4.57 Å². The molecule has 2 aromatic heterocycles. The first kappa shape index (κ1) is 20.6. The fourth-order valence-corrected chi connectivity index (χ4v) is 4.06. The van der Waals surface area contributed by atoms with E-state index in [4.69, 9.17) is 16.1 Å². The van der Waals surface area contributed by atoms with Crippen molar-refractivity contribution < 1.29 is 4.52 Å². The Morgan fingerprint density at radius 3 is 2.57 bits per heavy atom. The SMILES string of the molecule is CC(C)Cc1nc(CSc2nnc(-c3ccccc3Cl)n2Cc2ccccc2)no1. The molecule has 0 saturated carbocycles. The molecule has 2 heterocycles. The number of halogens is 1. The molecule has 0 fully saturated rings. The summed E-state index contributed by atoms with van der Waals surface area (Å²) in [4.78, 5) is 4.48. The molecule has 30 heavy (non-hydrogen) atoms. The van der Waals surface area contributed by atoms with Crippen LogP contribution in [-0.4, -0.2) is 24.9 Å². The molecule has 4 aromatic rings. The van der Waals surface area contributed by atoms with Gasteiger partial charge in [-0.05, 0) is 23.6 Å². The second-order valence-corrected chi connectivity index (χ2v) is 8.70. The van der Waals surface area contributed by atoms with Gasteiger partial charge in [0.2, 0.25) is 5.89 Å². The van der Waals surface area contributed by atoms with Crippen molar-refractivity contribution in [2.45, 2.75) is 37.7 Å². The molecular formula is C22H22ClN5OS. The topological polar surface area (TPSA) is 69.6 Å². The highest BCUT2D eigenvalue weighted by Crippen LogP contribution is 2.30. The zero-order valence-corrected chi connectivity index (χ0v) is 18.4. The summed E-state index contributed by atoms with van der Waals surface area (Å²) in [5.41, 5.74) is 2.01. The van der Waals surface area contributed by atoms with E-state index in [1.807, 2.05) is 42.5 Å². The van der Waals surface area contributed by atoms with Crippen LogP contribution < -0.4 is 0 Å². The van der Waals surface area contributed by atoms with Crippen molar-refractivity contribution in [1.29, 1.82) is 0 Å². The number of hydrogen-bond acceptors (Lipinski definition) is 6. The van der Waals surface area contributed by atoms with Crippen LogP contribution in [0.2, 0.25) is 5.02 Å². The minimum atomic E-state index is 0.470. The second kappa shape index (κ2) is 9.45. The lowest BCUT2D eigenvalue weighted by Gasteiger charge is -2.11. The van der Waals surface area contributed by atoms with Crippen LogP contribution in [0.15, 0.2) is 64.3 Å². The summed E-state index contributed by atoms with van der Waals surface area (Å²) in [5.74, 6) is 3.09. The summed E-state index contributed by atoms with van der Waals surface area (Å²) >= 11 is 7.97. The average molecular weight is 440 g/mol. The Hall–Kier alpha value is -2.64. The summed E-state index contributed by atoms with van der Waals surface area (Å²) in [5, 5.41) is 14.4. The number of nitrogens with zero attached hydrogens (tertiary/aromatic N) is 5. The lowest BCUT2D eigenvalue weighted by Crippen LogP contribution is -2.04. The van der Waals surface area contributed by atoms with Gasteiger partial charge in [0.1, 0.15) is 0 Å². The maximum Gasteiger partial charge on any atom is 0.226 e. The summed E-state index contributed by atoms with van der Waals surface area (Å²) in [6.45, 7) is 4.89. The lowest BCUT2D eigenvalue weighted by atomic mass is 10.1. The van der Waals surface area contributed by atoms with E-state index in [0.717, 1.165) is 28.5 Å². The third-order valence-corrected chi connectivity index (χ3v) is 5.73. The molecule has 0 aliphatic rings. The Kier molecular flexibility index (Phi) is 6.50. The van der Waals surface area contributed by atoms with Crippen LogP contribution >= 0.6 is 23.4 Å². The highest BCUT2D eigenvalue weighted by molar-refractivity contribution is 7.98. The third-order valence-electron chi connectivity index (χ3n) is 4.44. The Morgan fingerprint density at radius 2 is 1.80 bits per heavy atom. The van der Waals surface area contributed by atoms with Crippen LogP contribution in [0.1, 0.15) is 31.1 Å². The zero-order chi connectivity index (χ0) is 20.9. The summed E-state index contributed by atoms with van der Waals surface area (Å²) in [6, 6.07) is 17.9. The summed E-state index contributed by atoms with van der Waals surface area (Å²) in [7, 11) is 0. The maximum atomic E-state index is 6.44. The van der Waals surface area contributed by atoms with E-state index in [2.05, 4.69) is 50.9 Å². The van der Waals surface area contributed by atoms with Gasteiger partial charge in [-0.15, -0.1) is 10.2 Å². The molecule has 0 atom stereocenters. The Bertz CT molecular complexity index is 1110. The molecule has 154 valence electrons. The van der Waals surface area contributed by atoms with Crippen LogP contribution in [-0.2, 0) is 18.7 Å². The fraction of sp³-hybridized carbons (Fsp3) is 0.273. The fourth-order valence-electron chi connectivity index (χ4n) is 3.06. The van der Waals surface area contributed by atoms with Crippen LogP contribution in [0, 0.1) is 5.92 Å². The first-order chi connectivity index (χ1) is 14.6. The first-order valence-electron chi connectivity index (χ1n) is 9.76. The summed E-state index contributed by atoms with van der Waals surface area (Å²) in [6.07, 6.45) is 0.776. The van der Waals surface area contributed by atoms with Crippen molar-refractivity contribution >= 4 is 23.4 Å². The van der Waals surface area contributed by atoms with Crippen LogP contribution in [0.25, 0.3) is 11.4 Å². The van der Waals surface area contributed by atoms with Gasteiger partial charge in [0.15, 0.2) is 16.8 Å². The Balaban J connectivity index is 1.61. The molecule has 0 aliphatic heterocycles. The number of aromatic nitrogens is 5. The standard InChI is InChI=1S/C22H22ClN5OS/c1-15(2)12-20-24-19(27-29-20)14-30-22-26-25-21(17-10-6-7-11-18(17)23)28(22)13-16-8-4-3-5-9-16/h3-11,15H,12-14H2,1-2H3. The van der Waals surface area contributed by atoms with E-state index in [-0.39, 0.29) is 0 Å². The van der Waals surface area contributed by atoms with Crippen LogP contribution in [0.4, 0.5) is 0 Å². The molecule has 2 aromatic carbocycles. The Morgan fingerprint density at radius 1 is 1.03 bits per heavy atom. The first-order valence-corrected chi connectivity index (χ1v) is 11.1. The highest BCUT2D eigenvalue weighted by Gasteiger charge is 2.18. The number of hydrogen-bond donors (Lipinski definition) is 0. The van der Waals surface area contributed by atoms with Crippen molar-refractivity contribution in [2.24, 2.45) is 5.92 Å². The molecule has 0 amide bonds. The van der Waals surface area contributed by atoms with E-state index in [1.165, 1.54) is 11.8 Å². The molecule has 0 saturated heterocycles. The monoisotopic (exact) mass is 439 g/mol. The molecular weight excluding hydrogens is 418 g/mol. The van der Waals surface area contributed by atoms with E-state index in [1.54, 1.807) is 0 Å². The van der Waals surface area contributed by atoms with Gasteiger partial charge in [-0.2, -0.15) is 4.98 Å². The van der Waals surface area contributed by atoms with E-state index >= 15 is 0 Å². The van der Waals surface area contributed by atoms with Crippen molar-refractivity contribution in [2.75, 3.05) is 0 Å². The second-order valence-electron chi connectivity index (χ2n) is 7.35. The molecule has 0 radical (unpaired) electrons. The molecule has 0 N–H and O–H groups in total. The van der Waals surface area contributed by atoms with Gasteiger partial charge < -0.3 is 4.52 Å². The van der Waals surface area contributed by atoms with E-state index < -0.39 is 0 Å². The molecule has 0 bridgehead atoms. The molecule has 8 heteroatoms. The molecule has 0 spiro atoms. The normalized spacial score (nSPS) is 11.3. The van der Waals surface area contributed by atoms with Gasteiger partial charge in [-0.1, -0.05) is 84.8 Å². The molecule has 6 nitrogen and oxygen atoms in total. The molecule has 0 unspecified atom stereocenters. The maximum absolute atomic E-state index is 6.44. The average Bonchev–Trinajstić information content (AvgIpc) is 3.34. The third kappa shape index (κ3) is 4.91. The van der Waals surface area contributed by atoms with E-state index in [9.17, 15) is 0 Å². The van der Waals surface area contributed by atoms with E-state index in [0.29, 0.717) is 35.0 Å². The predicted octanol–water partition coefficient (Wildman–Crippen LogP) is 5.52. The number of benzene rings is 2. The number of thioether (sulfide) groups is 1. The van der Waals surface area contributed by atoms with Gasteiger partial charge >= 0.3 is 0 Å². The highest BCUT2D eigenvalue weighted by atomic mass is 35.5. The smallest absolute Gasteiger partial charge is 0.226 e. The van der Waals surface area contributed by atoms with Crippen molar-refractivity contribution in [1.82, 2.24) is 24.9 Å². The largest absolute Gasteiger partial charge is 0.339 e. The lowest BCUT2D eigenvalue weighted by molar-refractivity contribution is 0.360. The zero-order valence-electron chi connectivity index (χ0n) is 16.8. The van der Waals surface area contributed by atoms with Crippen LogP contribution in [0.3, 0.4) is 0 Å².